The molecule has 2 nitrogen and oxygen atoms in total. The summed E-state index contributed by atoms with van der Waals surface area (Å²) in [6.45, 7) is 3.78. The van der Waals surface area contributed by atoms with Gasteiger partial charge in [-0.1, -0.05) is 0 Å². The maximum atomic E-state index is 12.7. The van der Waals surface area contributed by atoms with Crippen LogP contribution in [0.3, 0.4) is 0 Å². The zero-order chi connectivity index (χ0) is 10.8. The molecule has 0 aliphatic carbocycles. The Morgan fingerprint density at radius 2 is 1.73 bits per heavy atom. The van der Waals surface area contributed by atoms with Gasteiger partial charge in [-0.15, -0.1) is 0 Å². The standard InChI is InChI=1S/C12H11FN2/c1-8-7-14-9(2)15-12(8)10-3-5-11(13)6-4-10/h3-7H,1-2H3. The Morgan fingerprint density at radius 3 is 2.40 bits per heavy atom. The SMILES string of the molecule is Cc1ncc(C)c(-c2ccc(F)cc2)n1. The van der Waals surface area contributed by atoms with Crippen molar-refractivity contribution < 1.29 is 4.39 Å². The Bertz CT molecular complexity index is 477. The van der Waals surface area contributed by atoms with E-state index < -0.39 is 0 Å². The zero-order valence-corrected chi connectivity index (χ0v) is 8.66. The molecule has 0 saturated heterocycles. The highest BCUT2D eigenvalue weighted by molar-refractivity contribution is 5.62. The first-order valence-electron chi connectivity index (χ1n) is 4.73. The van der Waals surface area contributed by atoms with Crippen molar-refractivity contribution >= 4 is 0 Å². The number of benzene rings is 1. The highest BCUT2D eigenvalue weighted by atomic mass is 19.1. The number of aromatic nitrogens is 2. The topological polar surface area (TPSA) is 25.8 Å². The van der Waals surface area contributed by atoms with Gasteiger partial charge in [-0.25, -0.2) is 14.4 Å². The van der Waals surface area contributed by atoms with Crippen LogP contribution >= 0.6 is 0 Å². The van der Waals surface area contributed by atoms with Gasteiger partial charge < -0.3 is 0 Å². The Balaban J connectivity index is 2.53. The van der Waals surface area contributed by atoms with Gasteiger partial charge in [0.1, 0.15) is 11.6 Å². The Hall–Kier alpha value is -1.77. The maximum Gasteiger partial charge on any atom is 0.125 e. The zero-order valence-electron chi connectivity index (χ0n) is 8.66. The van der Waals surface area contributed by atoms with Crippen LogP contribution in [0.4, 0.5) is 4.39 Å². The first-order valence-corrected chi connectivity index (χ1v) is 4.73. The van der Waals surface area contributed by atoms with Crippen LogP contribution in [-0.2, 0) is 0 Å². The Morgan fingerprint density at radius 1 is 1.07 bits per heavy atom. The van der Waals surface area contributed by atoms with E-state index in [0.29, 0.717) is 0 Å². The number of aryl methyl sites for hydroxylation is 2. The lowest BCUT2D eigenvalue weighted by Crippen LogP contribution is -1.94. The van der Waals surface area contributed by atoms with E-state index in [0.717, 1.165) is 22.6 Å². The fourth-order valence-electron chi connectivity index (χ4n) is 1.43. The van der Waals surface area contributed by atoms with E-state index in [9.17, 15) is 4.39 Å². The van der Waals surface area contributed by atoms with Crippen LogP contribution in [0.25, 0.3) is 11.3 Å². The van der Waals surface area contributed by atoms with Crippen LogP contribution in [0, 0.1) is 19.7 Å². The first kappa shape index (κ1) is 9.77. The third-order valence-corrected chi connectivity index (χ3v) is 2.21. The van der Waals surface area contributed by atoms with Crippen LogP contribution < -0.4 is 0 Å². The predicted octanol–water partition coefficient (Wildman–Crippen LogP) is 2.90. The lowest BCUT2D eigenvalue weighted by Gasteiger charge is -2.05. The molecule has 1 aromatic heterocycles. The van der Waals surface area contributed by atoms with Gasteiger partial charge in [0, 0.05) is 11.8 Å². The highest BCUT2D eigenvalue weighted by Gasteiger charge is 2.04. The quantitative estimate of drug-likeness (QED) is 0.710. The lowest BCUT2D eigenvalue weighted by molar-refractivity contribution is 0.628. The van der Waals surface area contributed by atoms with Gasteiger partial charge in [0.15, 0.2) is 0 Å². The molecule has 2 aromatic rings. The molecule has 0 atom stereocenters. The monoisotopic (exact) mass is 202 g/mol. The minimum Gasteiger partial charge on any atom is -0.241 e. The van der Waals surface area contributed by atoms with Crippen LogP contribution in [0.1, 0.15) is 11.4 Å². The summed E-state index contributed by atoms with van der Waals surface area (Å²) in [5, 5.41) is 0. The molecular weight excluding hydrogens is 191 g/mol. The molecule has 0 bridgehead atoms. The minimum absolute atomic E-state index is 0.234. The molecule has 0 spiro atoms. The molecule has 2 rings (SSSR count). The van der Waals surface area contributed by atoms with E-state index in [1.54, 1.807) is 18.3 Å². The van der Waals surface area contributed by atoms with E-state index >= 15 is 0 Å². The molecule has 0 saturated carbocycles. The van der Waals surface area contributed by atoms with Crippen LogP contribution in [-0.4, -0.2) is 9.97 Å². The average molecular weight is 202 g/mol. The molecule has 76 valence electrons. The molecule has 0 radical (unpaired) electrons. The van der Waals surface area contributed by atoms with Crippen molar-refractivity contribution in [2.24, 2.45) is 0 Å². The van der Waals surface area contributed by atoms with Crippen molar-refractivity contribution in [3.8, 4) is 11.3 Å². The van der Waals surface area contributed by atoms with Crippen LogP contribution in [0.15, 0.2) is 30.5 Å². The second kappa shape index (κ2) is 3.77. The minimum atomic E-state index is -0.234. The number of halogens is 1. The molecule has 3 heteroatoms. The lowest BCUT2D eigenvalue weighted by atomic mass is 10.1. The Labute approximate surface area is 87.8 Å². The van der Waals surface area contributed by atoms with E-state index in [2.05, 4.69) is 9.97 Å². The van der Waals surface area contributed by atoms with Crippen molar-refractivity contribution in [1.82, 2.24) is 9.97 Å². The summed E-state index contributed by atoms with van der Waals surface area (Å²) in [6.07, 6.45) is 1.78. The second-order valence-electron chi connectivity index (χ2n) is 3.46. The number of hydrogen-bond donors (Lipinski definition) is 0. The fourth-order valence-corrected chi connectivity index (χ4v) is 1.43. The number of nitrogens with zero attached hydrogens (tertiary/aromatic N) is 2. The van der Waals surface area contributed by atoms with Gasteiger partial charge >= 0.3 is 0 Å². The van der Waals surface area contributed by atoms with E-state index in [-0.39, 0.29) is 5.82 Å². The van der Waals surface area contributed by atoms with Gasteiger partial charge in [-0.2, -0.15) is 0 Å². The van der Waals surface area contributed by atoms with Crippen LogP contribution in [0.5, 0.6) is 0 Å². The summed E-state index contributed by atoms with van der Waals surface area (Å²) in [5.74, 6) is 0.488. The van der Waals surface area contributed by atoms with E-state index in [4.69, 9.17) is 0 Å². The number of rotatable bonds is 1. The molecule has 0 aliphatic rings. The summed E-state index contributed by atoms with van der Waals surface area (Å²) in [7, 11) is 0. The van der Waals surface area contributed by atoms with Crippen LogP contribution in [0.2, 0.25) is 0 Å². The summed E-state index contributed by atoms with van der Waals surface area (Å²) >= 11 is 0. The van der Waals surface area contributed by atoms with Gasteiger partial charge in [-0.05, 0) is 43.7 Å². The number of hydrogen-bond acceptors (Lipinski definition) is 2. The van der Waals surface area contributed by atoms with Gasteiger partial charge in [0.2, 0.25) is 0 Å². The van der Waals surface area contributed by atoms with E-state index in [1.807, 2.05) is 13.8 Å². The third-order valence-electron chi connectivity index (χ3n) is 2.21. The molecule has 0 unspecified atom stereocenters. The summed E-state index contributed by atoms with van der Waals surface area (Å²) < 4.78 is 12.7. The van der Waals surface area contributed by atoms with Crippen molar-refractivity contribution in [3.05, 3.63) is 47.7 Å². The largest absolute Gasteiger partial charge is 0.241 e. The van der Waals surface area contributed by atoms with Gasteiger partial charge in [0.25, 0.3) is 0 Å². The molecule has 0 N–H and O–H groups in total. The normalized spacial score (nSPS) is 10.3. The second-order valence-corrected chi connectivity index (χ2v) is 3.46. The fraction of sp³-hybridized carbons (Fsp3) is 0.167. The molecule has 15 heavy (non-hydrogen) atoms. The van der Waals surface area contributed by atoms with Gasteiger partial charge in [0.05, 0.1) is 5.69 Å². The molecule has 0 fully saturated rings. The van der Waals surface area contributed by atoms with Crippen molar-refractivity contribution in [2.75, 3.05) is 0 Å². The van der Waals surface area contributed by atoms with Gasteiger partial charge in [-0.3, -0.25) is 0 Å². The van der Waals surface area contributed by atoms with E-state index in [1.165, 1.54) is 12.1 Å². The average Bonchev–Trinajstić information content (AvgIpc) is 2.23. The first-order chi connectivity index (χ1) is 7.16. The van der Waals surface area contributed by atoms with Crippen molar-refractivity contribution in [1.29, 1.82) is 0 Å². The van der Waals surface area contributed by atoms with Crippen molar-refractivity contribution in [3.63, 3.8) is 0 Å². The Kier molecular flexibility index (Phi) is 2.46. The summed E-state index contributed by atoms with van der Waals surface area (Å²) in [5.41, 5.74) is 2.77. The smallest absolute Gasteiger partial charge is 0.125 e. The summed E-state index contributed by atoms with van der Waals surface area (Å²) in [6, 6.07) is 6.33. The molecule has 0 aliphatic heterocycles. The molecule has 0 amide bonds. The molecular formula is C12H11FN2. The maximum absolute atomic E-state index is 12.7. The molecule has 1 heterocycles. The molecule has 1 aromatic carbocycles. The summed E-state index contributed by atoms with van der Waals surface area (Å²) in [4.78, 5) is 8.44. The third kappa shape index (κ3) is 2.01. The van der Waals surface area contributed by atoms with Crippen molar-refractivity contribution in [2.45, 2.75) is 13.8 Å². The predicted molar refractivity (Wildman–Crippen MR) is 56.9 cm³/mol. The highest BCUT2D eigenvalue weighted by Crippen LogP contribution is 2.20.